The van der Waals surface area contributed by atoms with Gasteiger partial charge >= 0.3 is 5.97 Å². The fourth-order valence-corrected chi connectivity index (χ4v) is 1.89. The Morgan fingerprint density at radius 3 is 2.72 bits per heavy atom. The van der Waals surface area contributed by atoms with Gasteiger partial charge in [0, 0.05) is 19.8 Å². The molecule has 0 bridgehead atoms. The van der Waals surface area contributed by atoms with Gasteiger partial charge in [0.1, 0.15) is 5.82 Å². The topological polar surface area (TPSA) is 84.3 Å². The van der Waals surface area contributed by atoms with Gasteiger partial charge in [-0.15, -0.1) is 10.2 Å². The van der Waals surface area contributed by atoms with Crippen molar-refractivity contribution in [3.8, 4) is 0 Å². The maximum atomic E-state index is 10.6. The van der Waals surface area contributed by atoms with Gasteiger partial charge in [-0.1, -0.05) is 6.92 Å². The molecule has 1 saturated heterocycles. The van der Waals surface area contributed by atoms with E-state index in [9.17, 15) is 4.79 Å². The Hall–Kier alpha value is -1.69. The van der Waals surface area contributed by atoms with E-state index in [2.05, 4.69) is 22.4 Å². The first-order valence-corrected chi connectivity index (χ1v) is 5.98. The fraction of sp³-hybridized carbons (Fsp3) is 0.583. The van der Waals surface area contributed by atoms with Crippen LogP contribution >= 0.6 is 0 Å². The number of ether oxygens (including phenoxy) is 1. The summed E-state index contributed by atoms with van der Waals surface area (Å²) in [6.45, 7) is 4.59. The van der Waals surface area contributed by atoms with Crippen LogP contribution in [0.25, 0.3) is 0 Å². The van der Waals surface area contributed by atoms with Crippen LogP contribution in [0.1, 0.15) is 30.3 Å². The lowest BCUT2D eigenvalue weighted by atomic mass is 9.82. The van der Waals surface area contributed by atoms with Crippen molar-refractivity contribution in [2.45, 2.75) is 19.8 Å². The molecule has 6 heteroatoms. The second kappa shape index (κ2) is 5.30. The summed E-state index contributed by atoms with van der Waals surface area (Å²) in [6, 6.07) is 3.09. The lowest BCUT2D eigenvalue weighted by Crippen LogP contribution is -2.33. The van der Waals surface area contributed by atoms with Crippen LogP contribution in [0.3, 0.4) is 0 Å². The largest absolute Gasteiger partial charge is 0.476 e. The van der Waals surface area contributed by atoms with E-state index < -0.39 is 5.97 Å². The molecule has 1 aliphatic heterocycles. The summed E-state index contributed by atoms with van der Waals surface area (Å²) in [7, 11) is 0. The molecule has 0 spiro atoms. The van der Waals surface area contributed by atoms with Crippen molar-refractivity contribution in [1.82, 2.24) is 10.2 Å². The summed E-state index contributed by atoms with van der Waals surface area (Å²) < 4.78 is 5.34. The van der Waals surface area contributed by atoms with Crippen molar-refractivity contribution in [2.24, 2.45) is 5.41 Å². The first kappa shape index (κ1) is 12.8. The third-order valence-electron chi connectivity index (χ3n) is 3.28. The summed E-state index contributed by atoms with van der Waals surface area (Å²) in [4.78, 5) is 10.6. The lowest BCUT2D eigenvalue weighted by Gasteiger charge is -2.33. The monoisotopic (exact) mass is 251 g/mol. The third kappa shape index (κ3) is 3.16. The fourth-order valence-electron chi connectivity index (χ4n) is 1.89. The lowest BCUT2D eigenvalue weighted by molar-refractivity contribution is 0.0299. The van der Waals surface area contributed by atoms with Crippen LogP contribution in [-0.2, 0) is 4.74 Å². The summed E-state index contributed by atoms with van der Waals surface area (Å²) in [5.74, 6) is -0.460. The van der Waals surface area contributed by atoms with Crippen LogP contribution in [-0.4, -0.2) is 41.0 Å². The summed E-state index contributed by atoms with van der Waals surface area (Å²) in [5, 5.41) is 19.4. The van der Waals surface area contributed by atoms with E-state index in [1.54, 1.807) is 6.07 Å². The molecule has 98 valence electrons. The molecule has 1 aromatic heterocycles. The Morgan fingerprint density at radius 2 is 2.17 bits per heavy atom. The average Bonchev–Trinajstić information content (AvgIpc) is 2.38. The number of carboxylic acids is 1. The molecule has 0 aliphatic carbocycles. The molecule has 6 nitrogen and oxygen atoms in total. The third-order valence-corrected chi connectivity index (χ3v) is 3.28. The molecule has 1 fully saturated rings. The highest BCUT2D eigenvalue weighted by Crippen LogP contribution is 2.29. The zero-order valence-electron chi connectivity index (χ0n) is 10.3. The van der Waals surface area contributed by atoms with Crippen molar-refractivity contribution >= 4 is 11.8 Å². The maximum Gasteiger partial charge on any atom is 0.356 e. The Labute approximate surface area is 105 Å². The second-order valence-electron chi connectivity index (χ2n) is 4.89. The molecule has 2 N–H and O–H groups in total. The van der Waals surface area contributed by atoms with Gasteiger partial charge in [-0.25, -0.2) is 4.79 Å². The zero-order valence-corrected chi connectivity index (χ0v) is 10.3. The number of nitrogens with one attached hydrogen (secondary N) is 1. The minimum Gasteiger partial charge on any atom is -0.476 e. The highest BCUT2D eigenvalue weighted by atomic mass is 16.5. The minimum absolute atomic E-state index is 0.0437. The van der Waals surface area contributed by atoms with Crippen molar-refractivity contribution in [3.05, 3.63) is 17.8 Å². The van der Waals surface area contributed by atoms with E-state index in [0.717, 1.165) is 32.6 Å². The zero-order chi connectivity index (χ0) is 13.0. The maximum absolute atomic E-state index is 10.6. The van der Waals surface area contributed by atoms with Crippen molar-refractivity contribution in [2.75, 3.05) is 25.1 Å². The number of carbonyl (C=O) groups is 1. The molecular formula is C12H17N3O3. The Balaban J connectivity index is 1.91. The van der Waals surface area contributed by atoms with Crippen LogP contribution in [0, 0.1) is 5.41 Å². The molecule has 0 aromatic carbocycles. The quantitative estimate of drug-likeness (QED) is 0.841. The van der Waals surface area contributed by atoms with Crippen LogP contribution in [0.4, 0.5) is 5.82 Å². The molecule has 0 saturated carbocycles. The SMILES string of the molecule is CC1(CNc2ccc(C(=O)O)nn2)CCOCC1. The van der Waals surface area contributed by atoms with E-state index in [1.807, 2.05) is 0 Å². The number of carboxylic acid groups (broad SMARTS) is 1. The van der Waals surface area contributed by atoms with Gasteiger partial charge in [-0.3, -0.25) is 0 Å². The van der Waals surface area contributed by atoms with Gasteiger partial charge in [0.05, 0.1) is 0 Å². The van der Waals surface area contributed by atoms with E-state index in [0.29, 0.717) is 5.82 Å². The molecule has 2 heterocycles. The van der Waals surface area contributed by atoms with Gasteiger partial charge in [0.15, 0.2) is 5.69 Å². The van der Waals surface area contributed by atoms with Gasteiger partial charge in [0.25, 0.3) is 0 Å². The molecular weight excluding hydrogens is 234 g/mol. The molecule has 0 amide bonds. The molecule has 18 heavy (non-hydrogen) atoms. The molecule has 0 atom stereocenters. The Morgan fingerprint density at radius 1 is 1.44 bits per heavy atom. The number of aromatic nitrogens is 2. The van der Waals surface area contributed by atoms with Crippen molar-refractivity contribution in [1.29, 1.82) is 0 Å². The number of rotatable bonds is 4. The highest BCUT2D eigenvalue weighted by molar-refractivity contribution is 5.85. The van der Waals surface area contributed by atoms with Gasteiger partial charge in [-0.05, 0) is 30.4 Å². The molecule has 0 unspecified atom stereocenters. The van der Waals surface area contributed by atoms with Crippen LogP contribution in [0.2, 0.25) is 0 Å². The van der Waals surface area contributed by atoms with E-state index in [4.69, 9.17) is 9.84 Å². The highest BCUT2D eigenvalue weighted by Gasteiger charge is 2.27. The summed E-state index contributed by atoms with van der Waals surface area (Å²) >= 11 is 0. The molecule has 2 rings (SSSR count). The van der Waals surface area contributed by atoms with E-state index in [-0.39, 0.29) is 11.1 Å². The number of aromatic carboxylic acids is 1. The summed E-state index contributed by atoms with van der Waals surface area (Å²) in [5.41, 5.74) is 0.156. The van der Waals surface area contributed by atoms with Crippen LogP contribution < -0.4 is 5.32 Å². The number of hydrogen-bond donors (Lipinski definition) is 2. The van der Waals surface area contributed by atoms with Crippen molar-refractivity contribution in [3.63, 3.8) is 0 Å². The normalized spacial score (nSPS) is 18.3. The number of hydrogen-bond acceptors (Lipinski definition) is 5. The Bertz CT molecular complexity index is 413. The predicted octanol–water partition coefficient (Wildman–Crippen LogP) is 1.40. The number of anilines is 1. The molecule has 1 aliphatic rings. The van der Waals surface area contributed by atoms with Gasteiger partial charge in [-0.2, -0.15) is 0 Å². The number of nitrogens with zero attached hydrogens (tertiary/aromatic N) is 2. The predicted molar refractivity (Wildman–Crippen MR) is 65.6 cm³/mol. The Kier molecular flexibility index (Phi) is 3.76. The van der Waals surface area contributed by atoms with Crippen LogP contribution in [0.15, 0.2) is 12.1 Å². The summed E-state index contributed by atoms with van der Waals surface area (Å²) in [6.07, 6.45) is 2.03. The van der Waals surface area contributed by atoms with E-state index in [1.165, 1.54) is 6.07 Å². The first-order chi connectivity index (χ1) is 8.59. The van der Waals surface area contributed by atoms with E-state index >= 15 is 0 Å². The standard InChI is InChI=1S/C12H17N3O3/c1-12(4-6-18-7-5-12)8-13-10-3-2-9(11(16)17)14-15-10/h2-3H,4-8H2,1H3,(H,13,15)(H,16,17). The van der Waals surface area contributed by atoms with Gasteiger partial charge in [0.2, 0.25) is 0 Å². The van der Waals surface area contributed by atoms with Crippen LogP contribution in [0.5, 0.6) is 0 Å². The second-order valence-corrected chi connectivity index (χ2v) is 4.89. The molecule has 1 aromatic rings. The average molecular weight is 251 g/mol. The smallest absolute Gasteiger partial charge is 0.356 e. The van der Waals surface area contributed by atoms with Gasteiger partial charge < -0.3 is 15.2 Å². The molecule has 0 radical (unpaired) electrons. The van der Waals surface area contributed by atoms with Crippen molar-refractivity contribution < 1.29 is 14.6 Å². The minimum atomic E-state index is -1.06. The first-order valence-electron chi connectivity index (χ1n) is 5.98.